The van der Waals surface area contributed by atoms with Gasteiger partial charge in [0.15, 0.2) is 0 Å². The minimum atomic E-state index is 0.335. The summed E-state index contributed by atoms with van der Waals surface area (Å²) in [5.41, 5.74) is 0.335. The van der Waals surface area contributed by atoms with E-state index < -0.39 is 0 Å². The van der Waals surface area contributed by atoms with E-state index in [1.807, 2.05) is 0 Å². The van der Waals surface area contributed by atoms with Crippen LogP contribution in [0.2, 0.25) is 0 Å². The molecular formula is C11H17N. The number of aromatic nitrogens is 1. The van der Waals surface area contributed by atoms with Crippen molar-refractivity contribution < 1.29 is 0 Å². The lowest BCUT2D eigenvalue weighted by molar-refractivity contribution is 0.128. The maximum absolute atomic E-state index is 2.34. The van der Waals surface area contributed by atoms with Gasteiger partial charge in [-0.05, 0) is 44.7 Å². The molecule has 1 aliphatic rings. The van der Waals surface area contributed by atoms with E-state index >= 15 is 0 Å². The molecular weight excluding hydrogens is 146 g/mol. The van der Waals surface area contributed by atoms with Crippen LogP contribution >= 0.6 is 0 Å². The summed E-state index contributed by atoms with van der Waals surface area (Å²) in [6, 6.07) is 4.22. The SMILES string of the molecule is CC(C)(C1CCC1)n1cccc1. The van der Waals surface area contributed by atoms with Gasteiger partial charge < -0.3 is 4.57 Å². The van der Waals surface area contributed by atoms with Gasteiger partial charge in [-0.25, -0.2) is 0 Å². The average molecular weight is 163 g/mol. The monoisotopic (exact) mass is 163 g/mol. The van der Waals surface area contributed by atoms with Crippen molar-refractivity contribution in [1.29, 1.82) is 0 Å². The van der Waals surface area contributed by atoms with Crippen molar-refractivity contribution >= 4 is 0 Å². The Kier molecular flexibility index (Phi) is 1.75. The molecule has 0 bridgehead atoms. The molecule has 1 heteroatoms. The first-order chi connectivity index (χ1) is 5.71. The second-order valence-electron chi connectivity index (χ2n) is 4.37. The second kappa shape index (κ2) is 2.65. The van der Waals surface area contributed by atoms with Crippen LogP contribution in [-0.2, 0) is 5.54 Å². The molecule has 0 saturated heterocycles. The first-order valence-electron chi connectivity index (χ1n) is 4.85. The minimum Gasteiger partial charge on any atom is -0.349 e. The number of hydrogen-bond acceptors (Lipinski definition) is 0. The minimum absolute atomic E-state index is 0.335. The van der Waals surface area contributed by atoms with Gasteiger partial charge in [0.1, 0.15) is 0 Å². The van der Waals surface area contributed by atoms with Crippen LogP contribution in [0.3, 0.4) is 0 Å². The molecule has 0 unspecified atom stereocenters. The lowest BCUT2D eigenvalue weighted by Gasteiger charge is -2.41. The average Bonchev–Trinajstić information content (AvgIpc) is 2.30. The third-order valence-corrected chi connectivity index (χ3v) is 3.37. The first kappa shape index (κ1) is 7.90. The lowest BCUT2D eigenvalue weighted by Crippen LogP contribution is -2.38. The van der Waals surface area contributed by atoms with Gasteiger partial charge >= 0.3 is 0 Å². The van der Waals surface area contributed by atoms with E-state index in [2.05, 4.69) is 42.9 Å². The summed E-state index contributed by atoms with van der Waals surface area (Å²) in [6.45, 7) is 4.69. The van der Waals surface area contributed by atoms with Gasteiger partial charge in [-0.2, -0.15) is 0 Å². The molecule has 1 fully saturated rings. The van der Waals surface area contributed by atoms with Crippen molar-refractivity contribution in [3.05, 3.63) is 24.5 Å². The molecule has 12 heavy (non-hydrogen) atoms. The van der Waals surface area contributed by atoms with Gasteiger partial charge in [0.05, 0.1) is 0 Å². The molecule has 1 saturated carbocycles. The van der Waals surface area contributed by atoms with Gasteiger partial charge in [0.25, 0.3) is 0 Å². The summed E-state index contributed by atoms with van der Waals surface area (Å²) in [6.07, 6.45) is 8.60. The molecule has 0 aliphatic heterocycles. The summed E-state index contributed by atoms with van der Waals surface area (Å²) in [7, 11) is 0. The summed E-state index contributed by atoms with van der Waals surface area (Å²) < 4.78 is 2.34. The smallest absolute Gasteiger partial charge is 0.0411 e. The summed E-state index contributed by atoms with van der Waals surface area (Å²) >= 11 is 0. The fourth-order valence-corrected chi connectivity index (χ4v) is 2.04. The Labute approximate surface area is 74.4 Å². The van der Waals surface area contributed by atoms with Gasteiger partial charge in [-0.15, -0.1) is 0 Å². The highest BCUT2D eigenvalue weighted by atomic mass is 15.0. The van der Waals surface area contributed by atoms with E-state index in [9.17, 15) is 0 Å². The van der Waals surface area contributed by atoms with E-state index in [1.54, 1.807) is 0 Å². The van der Waals surface area contributed by atoms with E-state index in [4.69, 9.17) is 0 Å². The van der Waals surface area contributed by atoms with Crippen LogP contribution in [0.15, 0.2) is 24.5 Å². The van der Waals surface area contributed by atoms with Gasteiger partial charge in [-0.3, -0.25) is 0 Å². The van der Waals surface area contributed by atoms with Crippen molar-refractivity contribution in [2.24, 2.45) is 5.92 Å². The molecule has 1 nitrogen and oxygen atoms in total. The number of rotatable bonds is 2. The summed E-state index contributed by atoms with van der Waals surface area (Å²) in [5, 5.41) is 0. The van der Waals surface area contributed by atoms with Crippen molar-refractivity contribution in [3.8, 4) is 0 Å². The topological polar surface area (TPSA) is 4.93 Å². The third-order valence-electron chi connectivity index (χ3n) is 3.37. The molecule has 66 valence electrons. The molecule has 0 atom stereocenters. The molecule has 1 aliphatic carbocycles. The van der Waals surface area contributed by atoms with Crippen molar-refractivity contribution in [2.45, 2.75) is 38.6 Å². The Morgan fingerprint density at radius 2 is 1.75 bits per heavy atom. The van der Waals surface area contributed by atoms with Gasteiger partial charge in [-0.1, -0.05) is 6.42 Å². The molecule has 0 radical (unpaired) electrons. The molecule has 1 aromatic rings. The Morgan fingerprint density at radius 1 is 1.17 bits per heavy atom. The predicted octanol–water partition coefficient (Wildman–Crippen LogP) is 3.02. The molecule has 0 amide bonds. The zero-order chi connectivity index (χ0) is 8.60. The summed E-state index contributed by atoms with van der Waals surface area (Å²) in [4.78, 5) is 0. The lowest BCUT2D eigenvalue weighted by atomic mass is 9.72. The molecule has 0 aromatic carbocycles. The zero-order valence-corrected chi connectivity index (χ0v) is 7.96. The molecule has 0 spiro atoms. The van der Waals surface area contributed by atoms with Gasteiger partial charge in [0, 0.05) is 17.9 Å². The standard InChI is InChI=1S/C11H17N/c1-11(2,10-6-5-7-10)12-8-3-4-9-12/h3-4,8-10H,5-7H2,1-2H3. The van der Waals surface area contributed by atoms with Crippen LogP contribution in [-0.4, -0.2) is 4.57 Å². The molecule has 0 N–H and O–H groups in total. The number of hydrogen-bond donors (Lipinski definition) is 0. The van der Waals surface area contributed by atoms with Crippen molar-refractivity contribution in [1.82, 2.24) is 4.57 Å². The highest BCUT2D eigenvalue weighted by Gasteiger charge is 2.34. The van der Waals surface area contributed by atoms with E-state index in [-0.39, 0.29) is 0 Å². The maximum atomic E-state index is 2.34. The van der Waals surface area contributed by atoms with E-state index in [0.29, 0.717) is 5.54 Å². The first-order valence-corrected chi connectivity index (χ1v) is 4.85. The fourth-order valence-electron chi connectivity index (χ4n) is 2.04. The second-order valence-corrected chi connectivity index (χ2v) is 4.37. The highest BCUT2D eigenvalue weighted by Crippen LogP contribution is 2.40. The predicted molar refractivity (Wildman–Crippen MR) is 51.1 cm³/mol. The van der Waals surface area contributed by atoms with Crippen molar-refractivity contribution in [2.75, 3.05) is 0 Å². The van der Waals surface area contributed by atoms with Crippen LogP contribution in [0.25, 0.3) is 0 Å². The van der Waals surface area contributed by atoms with Crippen molar-refractivity contribution in [3.63, 3.8) is 0 Å². The van der Waals surface area contributed by atoms with E-state index in [0.717, 1.165) is 5.92 Å². The Balaban J connectivity index is 2.19. The van der Waals surface area contributed by atoms with Crippen LogP contribution < -0.4 is 0 Å². The quantitative estimate of drug-likeness (QED) is 0.631. The third kappa shape index (κ3) is 1.08. The van der Waals surface area contributed by atoms with Gasteiger partial charge in [0.2, 0.25) is 0 Å². The normalized spacial score (nSPS) is 19.2. The molecule has 1 aromatic heterocycles. The molecule has 2 rings (SSSR count). The Hall–Kier alpha value is -0.720. The Bertz CT molecular complexity index is 242. The zero-order valence-electron chi connectivity index (χ0n) is 7.96. The largest absolute Gasteiger partial charge is 0.349 e. The fraction of sp³-hybridized carbons (Fsp3) is 0.636. The summed E-state index contributed by atoms with van der Waals surface area (Å²) in [5.74, 6) is 0.893. The van der Waals surface area contributed by atoms with Crippen LogP contribution in [0, 0.1) is 5.92 Å². The Morgan fingerprint density at radius 3 is 2.17 bits per heavy atom. The van der Waals surface area contributed by atoms with Crippen LogP contribution in [0.4, 0.5) is 0 Å². The van der Waals surface area contributed by atoms with Crippen LogP contribution in [0.5, 0.6) is 0 Å². The van der Waals surface area contributed by atoms with Crippen LogP contribution in [0.1, 0.15) is 33.1 Å². The molecule has 1 heterocycles. The highest BCUT2D eigenvalue weighted by molar-refractivity contribution is 4.99. The van der Waals surface area contributed by atoms with E-state index in [1.165, 1.54) is 19.3 Å². The number of nitrogens with zero attached hydrogens (tertiary/aromatic N) is 1. The maximum Gasteiger partial charge on any atom is 0.0411 e.